The summed E-state index contributed by atoms with van der Waals surface area (Å²) in [7, 11) is -1.09. The van der Waals surface area contributed by atoms with Gasteiger partial charge in [0.05, 0.1) is 29.8 Å². The number of ether oxygens (including phenoxy) is 1. The summed E-state index contributed by atoms with van der Waals surface area (Å²) in [5.74, 6) is 0. The molecule has 0 amide bonds. The molecule has 23 heavy (non-hydrogen) atoms. The maximum absolute atomic E-state index is 13.1. The summed E-state index contributed by atoms with van der Waals surface area (Å²) in [5, 5.41) is 5.93. The highest BCUT2D eigenvalue weighted by Gasteiger charge is 2.27. The maximum atomic E-state index is 13.1. The molecule has 1 aliphatic heterocycles. The van der Waals surface area contributed by atoms with Crippen molar-refractivity contribution >= 4 is 36.3 Å². The van der Waals surface area contributed by atoms with Crippen LogP contribution < -0.4 is 4.90 Å². The summed E-state index contributed by atoms with van der Waals surface area (Å²) < 4.78 is 20.7. The van der Waals surface area contributed by atoms with Gasteiger partial charge in [0.1, 0.15) is 12.9 Å². The Hall–Kier alpha value is -1.11. The number of nitrogens with zero attached hydrogens (tertiary/aromatic N) is 3. The molecular weight excluding hydrogens is 333 g/mol. The number of rotatable bonds is 6. The molecule has 0 N–H and O–H groups in total. The van der Waals surface area contributed by atoms with Crippen LogP contribution >= 0.6 is 11.6 Å². The monoisotopic (exact) mass is 355 g/mol. The van der Waals surface area contributed by atoms with Gasteiger partial charge < -0.3 is 9.64 Å². The second-order valence-corrected chi connectivity index (χ2v) is 13.4. The van der Waals surface area contributed by atoms with E-state index in [9.17, 15) is 4.39 Å². The number of hydrogen-bond acceptors (Lipinski definition) is 3. The highest BCUT2D eigenvalue weighted by Crippen LogP contribution is 2.32. The lowest BCUT2D eigenvalue weighted by Gasteiger charge is -2.36. The van der Waals surface area contributed by atoms with E-state index in [1.54, 1.807) is 6.20 Å². The molecule has 3 rings (SSSR count). The number of anilines is 1. The smallest absolute Gasteiger partial charge is 0.139 e. The summed E-state index contributed by atoms with van der Waals surface area (Å²) in [6.07, 6.45) is 1.02. The topological polar surface area (TPSA) is 30.3 Å². The molecule has 4 nitrogen and oxygen atoms in total. The fourth-order valence-corrected chi connectivity index (χ4v) is 3.58. The van der Waals surface area contributed by atoms with Crippen molar-refractivity contribution in [1.82, 2.24) is 9.78 Å². The van der Waals surface area contributed by atoms with E-state index in [4.69, 9.17) is 16.3 Å². The Balaban J connectivity index is 1.73. The van der Waals surface area contributed by atoms with Crippen molar-refractivity contribution in [3.63, 3.8) is 0 Å². The second-order valence-electron chi connectivity index (χ2n) is 7.35. The van der Waals surface area contributed by atoms with Crippen LogP contribution in [0.3, 0.4) is 0 Å². The predicted molar refractivity (Wildman–Crippen MR) is 96.0 cm³/mol. The van der Waals surface area contributed by atoms with Crippen LogP contribution in [0.5, 0.6) is 0 Å². The largest absolute Gasteiger partial charge is 0.365 e. The molecule has 0 spiro atoms. The zero-order valence-electron chi connectivity index (χ0n) is 13.9. The number of benzene rings is 1. The van der Waals surface area contributed by atoms with E-state index in [0.717, 1.165) is 29.2 Å². The van der Waals surface area contributed by atoms with Gasteiger partial charge in [-0.1, -0.05) is 31.2 Å². The van der Waals surface area contributed by atoms with Gasteiger partial charge in [-0.05, 0) is 18.2 Å². The molecule has 0 radical (unpaired) electrons. The molecule has 0 aliphatic carbocycles. The third-order valence-electron chi connectivity index (χ3n) is 4.11. The SMILES string of the molecule is C[Si](C)(C)CCOCn1ncc2c(Cl)cc(N3CC(F)C3)cc21. The Labute approximate surface area is 142 Å². The lowest BCUT2D eigenvalue weighted by molar-refractivity contribution is 0.0817. The third-order valence-corrected chi connectivity index (χ3v) is 6.13. The van der Waals surface area contributed by atoms with E-state index < -0.39 is 14.2 Å². The fourth-order valence-electron chi connectivity index (χ4n) is 2.57. The minimum absolute atomic E-state index is 0.416. The lowest BCUT2D eigenvalue weighted by Crippen LogP contribution is -2.48. The van der Waals surface area contributed by atoms with Crippen molar-refractivity contribution in [3.05, 3.63) is 23.4 Å². The van der Waals surface area contributed by atoms with Crippen LogP contribution in [0.2, 0.25) is 30.7 Å². The molecule has 1 aliphatic rings. The number of alkyl halides is 1. The molecule has 0 unspecified atom stereocenters. The van der Waals surface area contributed by atoms with Crippen LogP contribution in [-0.4, -0.2) is 43.7 Å². The molecule has 7 heteroatoms. The van der Waals surface area contributed by atoms with Crippen LogP contribution in [0, 0.1) is 0 Å². The van der Waals surface area contributed by atoms with Crippen molar-refractivity contribution in [2.75, 3.05) is 24.6 Å². The lowest BCUT2D eigenvalue weighted by atomic mass is 10.1. The van der Waals surface area contributed by atoms with E-state index in [0.29, 0.717) is 24.8 Å². The van der Waals surface area contributed by atoms with Crippen LogP contribution in [0.4, 0.5) is 10.1 Å². The summed E-state index contributed by atoms with van der Waals surface area (Å²) >= 11 is 6.35. The van der Waals surface area contributed by atoms with Crippen molar-refractivity contribution in [2.24, 2.45) is 0 Å². The number of hydrogen-bond donors (Lipinski definition) is 0. The fraction of sp³-hybridized carbons (Fsp3) is 0.562. The molecule has 0 atom stereocenters. The molecule has 1 fully saturated rings. The second kappa shape index (κ2) is 6.41. The zero-order valence-corrected chi connectivity index (χ0v) is 15.6. The van der Waals surface area contributed by atoms with Gasteiger partial charge >= 0.3 is 0 Å². The van der Waals surface area contributed by atoms with Gasteiger partial charge in [0.2, 0.25) is 0 Å². The summed E-state index contributed by atoms with van der Waals surface area (Å²) in [4.78, 5) is 1.99. The summed E-state index contributed by atoms with van der Waals surface area (Å²) in [5.41, 5.74) is 1.88. The maximum Gasteiger partial charge on any atom is 0.139 e. The average Bonchev–Trinajstić information content (AvgIpc) is 2.83. The van der Waals surface area contributed by atoms with Gasteiger partial charge in [-0.15, -0.1) is 0 Å². The van der Waals surface area contributed by atoms with Crippen LogP contribution in [0.15, 0.2) is 18.3 Å². The first-order chi connectivity index (χ1) is 10.8. The van der Waals surface area contributed by atoms with Crippen molar-refractivity contribution in [2.45, 2.75) is 38.6 Å². The van der Waals surface area contributed by atoms with Gasteiger partial charge in [0, 0.05) is 25.8 Å². The first-order valence-electron chi connectivity index (χ1n) is 7.95. The quantitative estimate of drug-likeness (QED) is 0.575. The first-order valence-corrected chi connectivity index (χ1v) is 12.0. The Morgan fingerprint density at radius 3 is 2.74 bits per heavy atom. The van der Waals surface area contributed by atoms with Crippen LogP contribution in [0.25, 0.3) is 10.9 Å². The van der Waals surface area contributed by atoms with Crippen LogP contribution in [0.1, 0.15) is 0 Å². The molecule has 1 aromatic heterocycles. The first kappa shape index (κ1) is 16.7. The van der Waals surface area contributed by atoms with Crippen molar-refractivity contribution < 1.29 is 9.13 Å². The van der Waals surface area contributed by atoms with Gasteiger partial charge in [-0.2, -0.15) is 5.10 Å². The molecule has 126 valence electrons. The van der Waals surface area contributed by atoms with E-state index in [1.807, 2.05) is 21.7 Å². The van der Waals surface area contributed by atoms with Gasteiger partial charge in [-0.25, -0.2) is 9.07 Å². The average molecular weight is 356 g/mol. The van der Waals surface area contributed by atoms with Crippen LogP contribution in [-0.2, 0) is 11.5 Å². The van der Waals surface area contributed by atoms with E-state index in [1.165, 1.54) is 0 Å². The Bertz CT molecular complexity index is 694. The number of aromatic nitrogens is 2. The standard InChI is InChI=1S/C16H23ClFN3OSi/c1-23(2,3)5-4-22-11-21-16-7-13(20-9-12(18)10-20)6-15(17)14(16)8-19-21/h6-8,12H,4-5,9-11H2,1-3H3. The van der Waals surface area contributed by atoms with E-state index in [-0.39, 0.29) is 0 Å². The van der Waals surface area contributed by atoms with E-state index >= 15 is 0 Å². The highest BCUT2D eigenvalue weighted by atomic mass is 35.5. The molecule has 2 heterocycles. The normalized spacial score (nSPS) is 16.1. The molecule has 2 aromatic rings. The van der Waals surface area contributed by atoms with Crippen molar-refractivity contribution in [3.8, 4) is 0 Å². The Morgan fingerprint density at radius 2 is 2.09 bits per heavy atom. The molecular formula is C16H23ClFN3OSi. The molecule has 1 saturated heterocycles. The predicted octanol–water partition coefficient (Wildman–Crippen LogP) is 4.16. The minimum atomic E-state index is -1.09. The van der Waals surface area contributed by atoms with Crippen molar-refractivity contribution in [1.29, 1.82) is 0 Å². The summed E-state index contributed by atoms with van der Waals surface area (Å²) in [6, 6.07) is 5.03. The molecule has 0 saturated carbocycles. The van der Waals surface area contributed by atoms with Gasteiger partial charge in [0.15, 0.2) is 0 Å². The Kier molecular flexibility index (Phi) is 4.67. The zero-order chi connectivity index (χ0) is 16.6. The highest BCUT2D eigenvalue weighted by molar-refractivity contribution is 6.76. The van der Waals surface area contributed by atoms with Gasteiger partial charge in [0.25, 0.3) is 0 Å². The third kappa shape index (κ3) is 3.87. The number of halogens is 2. The van der Waals surface area contributed by atoms with Gasteiger partial charge in [-0.3, -0.25) is 0 Å². The van der Waals surface area contributed by atoms with E-state index in [2.05, 4.69) is 24.7 Å². The minimum Gasteiger partial charge on any atom is -0.365 e. The molecule has 1 aromatic carbocycles. The Morgan fingerprint density at radius 1 is 1.35 bits per heavy atom. The number of fused-ring (bicyclic) bond motifs is 1. The summed E-state index contributed by atoms with van der Waals surface area (Å²) in [6.45, 7) is 9.02. The molecule has 0 bridgehead atoms.